The molecule has 0 bridgehead atoms. The Bertz CT molecular complexity index is 1390. The molecular formula is C23H24F3N3O6S2. The Morgan fingerprint density at radius 1 is 1.27 bits per heavy atom. The molecule has 37 heavy (non-hydrogen) atoms. The minimum absolute atomic E-state index is 0.111. The van der Waals surface area contributed by atoms with E-state index in [1.807, 2.05) is 0 Å². The third kappa shape index (κ3) is 4.56. The Balaban J connectivity index is 1.71. The van der Waals surface area contributed by atoms with Crippen LogP contribution in [0, 0.1) is 0 Å². The number of carboxylic acid groups (broad SMARTS) is 1. The normalized spacial score (nSPS) is 23.9. The van der Waals surface area contributed by atoms with Gasteiger partial charge in [-0.15, -0.1) is 11.3 Å². The van der Waals surface area contributed by atoms with E-state index >= 15 is 0 Å². The van der Waals surface area contributed by atoms with Crippen LogP contribution in [0.1, 0.15) is 18.2 Å². The van der Waals surface area contributed by atoms with Crippen molar-refractivity contribution >= 4 is 27.3 Å². The Morgan fingerprint density at radius 2 is 1.95 bits per heavy atom. The van der Waals surface area contributed by atoms with E-state index in [-0.39, 0.29) is 14.8 Å². The predicted molar refractivity (Wildman–Crippen MR) is 128 cm³/mol. The summed E-state index contributed by atoms with van der Waals surface area (Å²) in [7, 11) is -1.23. The maximum Gasteiger partial charge on any atom is 0.452 e. The number of ether oxygens (including phenoxy) is 1. The Morgan fingerprint density at radius 3 is 2.51 bits per heavy atom. The molecule has 4 rings (SSSR count). The summed E-state index contributed by atoms with van der Waals surface area (Å²) >= 11 is 0.650. The molecule has 200 valence electrons. The highest BCUT2D eigenvalue weighted by molar-refractivity contribution is 7.91. The van der Waals surface area contributed by atoms with Crippen LogP contribution in [-0.2, 0) is 31.1 Å². The topological polar surface area (TPSA) is 122 Å². The molecule has 1 saturated carbocycles. The third-order valence-corrected chi connectivity index (χ3v) is 9.74. The van der Waals surface area contributed by atoms with Gasteiger partial charge in [0.05, 0.1) is 17.5 Å². The highest BCUT2D eigenvalue weighted by atomic mass is 32.2. The van der Waals surface area contributed by atoms with Gasteiger partial charge in [0.15, 0.2) is 5.54 Å². The molecule has 9 nitrogen and oxygen atoms in total. The van der Waals surface area contributed by atoms with Crippen molar-refractivity contribution in [2.24, 2.45) is 0 Å². The summed E-state index contributed by atoms with van der Waals surface area (Å²) in [6.07, 6.45) is -4.75. The lowest BCUT2D eigenvalue weighted by molar-refractivity contribution is -0.155. The first-order valence-corrected chi connectivity index (χ1v) is 13.2. The van der Waals surface area contributed by atoms with E-state index < -0.39 is 44.9 Å². The first kappa shape index (κ1) is 27.3. The van der Waals surface area contributed by atoms with Crippen LogP contribution in [0.15, 0.2) is 57.3 Å². The summed E-state index contributed by atoms with van der Waals surface area (Å²) < 4.78 is 77.1. The zero-order chi connectivity index (χ0) is 27.2. The van der Waals surface area contributed by atoms with Gasteiger partial charge in [-0.2, -0.15) is 17.9 Å². The van der Waals surface area contributed by atoms with E-state index in [1.54, 1.807) is 49.2 Å². The average molecular weight is 560 g/mol. The number of nitrogens with one attached hydrogen (secondary N) is 1. The highest BCUT2D eigenvalue weighted by Gasteiger charge is 2.82. The summed E-state index contributed by atoms with van der Waals surface area (Å²) in [5.41, 5.74) is -2.64. The van der Waals surface area contributed by atoms with Crippen LogP contribution in [0.4, 0.5) is 13.2 Å². The molecule has 0 spiro atoms. The molecule has 1 aromatic carbocycles. The molecule has 3 aromatic rings. The molecule has 0 saturated heterocycles. The van der Waals surface area contributed by atoms with E-state index in [0.29, 0.717) is 36.1 Å². The van der Waals surface area contributed by atoms with Crippen LogP contribution in [0.2, 0.25) is 0 Å². The second-order valence-corrected chi connectivity index (χ2v) is 11.8. The quantitative estimate of drug-likeness (QED) is 0.388. The Hall–Kier alpha value is -2.78. The van der Waals surface area contributed by atoms with E-state index in [0.717, 1.165) is 0 Å². The van der Waals surface area contributed by atoms with Gasteiger partial charge in [-0.3, -0.25) is 9.69 Å². The predicted octanol–water partition coefficient (Wildman–Crippen LogP) is 3.44. The molecule has 1 aliphatic rings. The summed E-state index contributed by atoms with van der Waals surface area (Å²) in [6, 6.07) is 11.1. The van der Waals surface area contributed by atoms with Crippen LogP contribution in [0.3, 0.4) is 0 Å². The lowest BCUT2D eigenvalue weighted by atomic mass is 9.92. The lowest BCUT2D eigenvalue weighted by Gasteiger charge is -2.20. The summed E-state index contributed by atoms with van der Waals surface area (Å²) in [5, 5.41) is 13.8. The van der Waals surface area contributed by atoms with Gasteiger partial charge in [-0.05, 0) is 24.7 Å². The molecule has 0 radical (unpaired) electrons. The second-order valence-electron chi connectivity index (χ2n) is 8.86. The maximum atomic E-state index is 13.5. The van der Waals surface area contributed by atoms with E-state index in [1.165, 1.54) is 19.2 Å². The standard InChI is InChI=1S/C23H24F3N3O6S2/c1-21(14-7-5-4-6-8-14)19(29(2)11-12-34-3)22(21,20(30)31)28-37(32,33)18-10-9-16(36-18)15-13-17(35-27-15)23(24,25)26/h4-10,13,19,28H,11-12H2,1-3H3,(H,30,31). The van der Waals surface area contributed by atoms with Gasteiger partial charge < -0.3 is 14.4 Å². The van der Waals surface area contributed by atoms with Crippen LogP contribution in [0.5, 0.6) is 0 Å². The fourth-order valence-corrected chi connectivity index (χ4v) is 7.54. The zero-order valence-corrected chi connectivity index (χ0v) is 21.6. The van der Waals surface area contributed by atoms with Gasteiger partial charge in [0.2, 0.25) is 5.76 Å². The van der Waals surface area contributed by atoms with Crippen LogP contribution < -0.4 is 4.72 Å². The number of nitrogens with zero attached hydrogens (tertiary/aromatic N) is 2. The molecule has 3 unspecified atom stereocenters. The number of benzene rings is 1. The lowest BCUT2D eigenvalue weighted by Crippen LogP contribution is -2.50. The molecule has 1 aliphatic carbocycles. The van der Waals surface area contributed by atoms with Gasteiger partial charge in [0.1, 0.15) is 9.90 Å². The molecule has 2 N–H and O–H groups in total. The van der Waals surface area contributed by atoms with Gasteiger partial charge >= 0.3 is 12.1 Å². The number of carbonyl (C=O) groups is 1. The Kier molecular flexibility index (Phi) is 7.01. The fraction of sp³-hybridized carbons (Fsp3) is 0.391. The first-order valence-electron chi connectivity index (χ1n) is 10.9. The minimum atomic E-state index is -4.75. The number of methoxy groups -OCH3 is 1. The van der Waals surface area contributed by atoms with Crippen molar-refractivity contribution < 1.29 is 40.8 Å². The van der Waals surface area contributed by atoms with Crippen LogP contribution in [0.25, 0.3) is 10.6 Å². The number of hydrogen-bond donors (Lipinski definition) is 2. The summed E-state index contributed by atoms with van der Waals surface area (Å²) in [6.45, 7) is 2.32. The smallest absolute Gasteiger partial charge is 0.452 e. The number of alkyl halides is 3. The molecule has 0 aliphatic heterocycles. The molecule has 0 amide bonds. The maximum absolute atomic E-state index is 13.5. The van der Waals surface area contributed by atoms with Crippen molar-refractivity contribution in [3.8, 4) is 10.6 Å². The fourth-order valence-electron chi connectivity index (χ4n) is 4.84. The van der Waals surface area contributed by atoms with Gasteiger partial charge in [-0.1, -0.05) is 42.4 Å². The van der Waals surface area contributed by atoms with Crippen molar-refractivity contribution in [1.82, 2.24) is 14.8 Å². The highest BCUT2D eigenvalue weighted by Crippen LogP contribution is 2.60. The zero-order valence-electron chi connectivity index (χ0n) is 19.9. The SMILES string of the molecule is COCCN(C)C1C(NS(=O)(=O)c2ccc(-c3cc(C(F)(F)F)on3)s2)(C(=O)O)C1(C)c1ccccc1. The number of sulfonamides is 1. The second kappa shape index (κ2) is 9.51. The van der Waals surface area contributed by atoms with Crippen LogP contribution in [-0.4, -0.2) is 68.4 Å². The number of thiophene rings is 1. The number of aromatic nitrogens is 1. The first-order chi connectivity index (χ1) is 17.3. The molecular weight excluding hydrogens is 535 g/mol. The van der Waals surface area contributed by atoms with Crippen LogP contribution >= 0.6 is 11.3 Å². The van der Waals surface area contributed by atoms with Crippen molar-refractivity contribution in [2.45, 2.75) is 34.3 Å². The van der Waals surface area contributed by atoms with Gasteiger partial charge in [-0.25, -0.2) is 8.42 Å². The minimum Gasteiger partial charge on any atom is -0.480 e. The van der Waals surface area contributed by atoms with Crippen molar-refractivity contribution in [1.29, 1.82) is 0 Å². The molecule has 3 atom stereocenters. The summed E-state index contributed by atoms with van der Waals surface area (Å²) in [4.78, 5) is 14.6. The molecule has 2 heterocycles. The van der Waals surface area contributed by atoms with Crippen molar-refractivity contribution in [2.75, 3.05) is 27.3 Å². The number of aliphatic carboxylic acids is 1. The van der Waals surface area contributed by atoms with E-state index in [4.69, 9.17) is 4.74 Å². The number of likely N-dealkylation sites (N-methyl/N-ethyl adjacent to an activating group) is 1. The molecule has 14 heteroatoms. The van der Waals surface area contributed by atoms with E-state index in [9.17, 15) is 31.5 Å². The number of carboxylic acids is 1. The van der Waals surface area contributed by atoms with Crippen molar-refractivity contribution in [3.63, 3.8) is 0 Å². The summed E-state index contributed by atoms with van der Waals surface area (Å²) in [5.74, 6) is -2.68. The average Bonchev–Trinajstić information content (AvgIpc) is 3.29. The van der Waals surface area contributed by atoms with Gasteiger partial charge in [0, 0.05) is 25.1 Å². The largest absolute Gasteiger partial charge is 0.480 e. The number of rotatable bonds is 10. The molecule has 2 aromatic heterocycles. The van der Waals surface area contributed by atoms with Gasteiger partial charge in [0.25, 0.3) is 10.0 Å². The van der Waals surface area contributed by atoms with E-state index in [2.05, 4.69) is 14.4 Å². The van der Waals surface area contributed by atoms with Crippen molar-refractivity contribution in [3.05, 3.63) is 59.9 Å². The number of halogens is 3. The Labute approximate surface area is 214 Å². The number of hydrogen-bond acceptors (Lipinski definition) is 8. The third-order valence-electron chi connectivity index (χ3n) is 6.68. The monoisotopic (exact) mass is 559 g/mol. The molecule has 1 fully saturated rings.